The molecule has 0 aliphatic carbocycles. The molecule has 6 atom stereocenters. The van der Waals surface area contributed by atoms with Crippen molar-refractivity contribution in [3.05, 3.63) is 128 Å². The fraction of sp³-hybridized carbons (Fsp3) is 0.312. The first-order valence-electron chi connectivity index (χ1n) is 15.4. The molecule has 2 fully saturated rings. The van der Waals surface area contributed by atoms with Crippen molar-refractivity contribution in [2.24, 2.45) is 0 Å². The van der Waals surface area contributed by atoms with Gasteiger partial charge in [0.15, 0.2) is 12.6 Å². The van der Waals surface area contributed by atoms with E-state index < -0.39 is 46.8 Å². The van der Waals surface area contributed by atoms with Gasteiger partial charge >= 0.3 is 0 Å². The molecule has 50 heavy (non-hydrogen) atoms. The third-order valence-corrected chi connectivity index (χ3v) is 8.13. The molecule has 0 radical (unpaired) electrons. The molecule has 18 nitrogen and oxygen atoms in total. The van der Waals surface area contributed by atoms with Gasteiger partial charge in [-0.1, -0.05) is 52.9 Å². The number of nitro benzene ring substituents is 2. The minimum Gasteiger partial charge on any atom is -0.366 e. The molecule has 2 aliphatic heterocycles. The van der Waals surface area contributed by atoms with Gasteiger partial charge in [0.1, 0.15) is 35.8 Å². The van der Waals surface area contributed by atoms with Gasteiger partial charge in [-0.05, 0) is 12.1 Å². The molecule has 2 saturated heterocycles. The Kier molecular flexibility index (Phi) is 9.60. The summed E-state index contributed by atoms with van der Waals surface area (Å²) in [6, 6.07) is 21.5. The molecule has 0 amide bonds. The van der Waals surface area contributed by atoms with Gasteiger partial charge in [-0.15, -0.1) is 10.2 Å². The number of benzene rings is 3. The van der Waals surface area contributed by atoms with E-state index in [1.165, 1.54) is 40.7 Å². The number of nitro groups is 2. The average Bonchev–Trinajstić information content (AvgIpc) is 3.83. The molecule has 0 unspecified atom stereocenters. The molecule has 0 bridgehead atoms. The van der Waals surface area contributed by atoms with Crippen LogP contribution < -0.4 is 0 Å². The number of rotatable bonds is 12. The Morgan fingerprint density at radius 3 is 1.92 bits per heavy atom. The Bertz CT molecular complexity index is 1960. The minimum absolute atomic E-state index is 0.0255. The van der Waals surface area contributed by atoms with Crippen molar-refractivity contribution < 1.29 is 38.3 Å². The van der Waals surface area contributed by atoms with Crippen LogP contribution in [-0.2, 0) is 41.6 Å². The van der Waals surface area contributed by atoms with Crippen molar-refractivity contribution in [1.82, 2.24) is 30.0 Å². The third-order valence-electron chi connectivity index (χ3n) is 8.13. The van der Waals surface area contributed by atoms with E-state index in [4.69, 9.17) is 28.4 Å². The Morgan fingerprint density at radius 1 is 0.780 bits per heavy atom. The lowest BCUT2D eigenvalue weighted by Gasteiger charge is -2.48. The van der Waals surface area contributed by atoms with Gasteiger partial charge in [0, 0.05) is 36.9 Å². The number of nitrogens with zero attached hydrogens (tertiary/aromatic N) is 8. The zero-order valence-electron chi connectivity index (χ0n) is 26.4. The van der Waals surface area contributed by atoms with E-state index in [1.807, 2.05) is 30.3 Å². The molecule has 4 heterocycles. The quantitative estimate of drug-likeness (QED) is 0.136. The number of hydrogen-bond acceptors (Lipinski definition) is 14. The number of aromatic nitrogens is 6. The van der Waals surface area contributed by atoms with E-state index in [0.717, 1.165) is 5.56 Å². The molecule has 3 aromatic carbocycles. The summed E-state index contributed by atoms with van der Waals surface area (Å²) in [4.78, 5) is 21.6. The molecular formula is C32H30N8O10. The normalized spacial score (nSPS) is 23.3. The predicted molar refractivity (Wildman–Crippen MR) is 169 cm³/mol. The first-order chi connectivity index (χ1) is 24.4. The second-order valence-corrected chi connectivity index (χ2v) is 11.4. The SMILES string of the molecule is CO[C@H]1O[C@@H]2CO[C@@H](c3ccccc3)O[C@H]2[C@H](OCc2cn(-c3cccc([N+](=O)[O-])c3)nn2)[C@H]1OCc1cn(-c2cccc([N+](=O)[O-])c2)nn1. The van der Waals surface area contributed by atoms with Crippen LogP contribution in [0.25, 0.3) is 11.4 Å². The van der Waals surface area contributed by atoms with Crippen LogP contribution in [0.3, 0.4) is 0 Å². The van der Waals surface area contributed by atoms with Crippen LogP contribution in [0.15, 0.2) is 91.3 Å². The van der Waals surface area contributed by atoms with Crippen LogP contribution in [0.5, 0.6) is 0 Å². The molecule has 5 aromatic rings. The third kappa shape index (κ3) is 7.10. The molecule has 2 aliphatic rings. The summed E-state index contributed by atoms with van der Waals surface area (Å²) in [5.41, 5.74) is 2.45. The largest absolute Gasteiger partial charge is 0.366 e. The van der Waals surface area contributed by atoms with Crippen LogP contribution in [-0.4, -0.2) is 84.3 Å². The van der Waals surface area contributed by atoms with Crippen LogP contribution in [0.1, 0.15) is 23.2 Å². The monoisotopic (exact) mass is 686 g/mol. The Morgan fingerprint density at radius 2 is 1.36 bits per heavy atom. The van der Waals surface area contributed by atoms with Crippen molar-refractivity contribution in [3.63, 3.8) is 0 Å². The van der Waals surface area contributed by atoms with Crippen LogP contribution in [0.2, 0.25) is 0 Å². The summed E-state index contributed by atoms with van der Waals surface area (Å²) >= 11 is 0. The lowest BCUT2D eigenvalue weighted by Crippen LogP contribution is -2.63. The van der Waals surface area contributed by atoms with Crippen LogP contribution >= 0.6 is 0 Å². The van der Waals surface area contributed by atoms with Gasteiger partial charge in [-0.2, -0.15) is 0 Å². The number of hydrogen-bond donors (Lipinski definition) is 0. The van der Waals surface area contributed by atoms with Crippen molar-refractivity contribution in [2.45, 2.75) is 50.2 Å². The van der Waals surface area contributed by atoms with E-state index in [9.17, 15) is 20.2 Å². The summed E-state index contributed by atoms with van der Waals surface area (Å²) in [5, 5.41) is 39.2. The van der Waals surface area contributed by atoms with Crippen molar-refractivity contribution in [3.8, 4) is 11.4 Å². The predicted octanol–water partition coefficient (Wildman–Crippen LogP) is 3.62. The molecule has 0 N–H and O–H groups in total. The average molecular weight is 687 g/mol. The summed E-state index contributed by atoms with van der Waals surface area (Å²) in [6.45, 7) is 0.126. The van der Waals surface area contributed by atoms with E-state index >= 15 is 0 Å². The van der Waals surface area contributed by atoms with Crippen molar-refractivity contribution in [2.75, 3.05) is 13.7 Å². The van der Waals surface area contributed by atoms with Gasteiger partial charge in [0.2, 0.25) is 0 Å². The highest BCUT2D eigenvalue weighted by Gasteiger charge is 2.51. The highest BCUT2D eigenvalue weighted by molar-refractivity contribution is 5.43. The lowest BCUT2D eigenvalue weighted by molar-refractivity contribution is -0.385. The number of ether oxygens (including phenoxy) is 6. The molecule has 0 saturated carbocycles. The zero-order valence-corrected chi connectivity index (χ0v) is 26.4. The number of fused-ring (bicyclic) bond motifs is 1. The Hall–Kier alpha value is -5.50. The van der Waals surface area contributed by atoms with Crippen LogP contribution in [0.4, 0.5) is 11.4 Å². The summed E-state index contributed by atoms with van der Waals surface area (Å²) in [6.07, 6.45) is -1.23. The molecule has 18 heteroatoms. The molecule has 0 spiro atoms. The summed E-state index contributed by atoms with van der Waals surface area (Å²) in [7, 11) is 1.49. The minimum atomic E-state index is -0.894. The standard InChI is InChI=1S/C32H30N8O10/c1-45-32-30(47-18-22-16-38(36-34-22)24-10-6-12-26(14-24)40(43)44)29(28-27(49-32)19-48-31(50-28)20-7-3-2-4-8-20)46-17-21-15-37(35-33-21)23-9-5-11-25(13-23)39(41)42/h2-16,27-32H,17-19H2,1H3/t27-,28-,29+,30-,31-,32+/m1/s1. The molecule has 7 rings (SSSR count). The van der Waals surface area contributed by atoms with Gasteiger partial charge in [-0.3, -0.25) is 20.2 Å². The molecule has 2 aromatic heterocycles. The topological polar surface area (TPSA) is 203 Å². The van der Waals surface area contributed by atoms with E-state index in [-0.39, 0.29) is 31.2 Å². The summed E-state index contributed by atoms with van der Waals surface area (Å²) < 4.78 is 40.1. The first-order valence-corrected chi connectivity index (χ1v) is 15.4. The second kappa shape index (κ2) is 14.5. The maximum Gasteiger partial charge on any atom is 0.271 e. The Labute approximate surface area is 283 Å². The fourth-order valence-electron chi connectivity index (χ4n) is 5.72. The smallest absolute Gasteiger partial charge is 0.271 e. The van der Waals surface area contributed by atoms with Gasteiger partial charge in [0.05, 0.1) is 53.4 Å². The van der Waals surface area contributed by atoms with Gasteiger partial charge in [-0.25, -0.2) is 9.36 Å². The van der Waals surface area contributed by atoms with Crippen molar-refractivity contribution >= 4 is 11.4 Å². The summed E-state index contributed by atoms with van der Waals surface area (Å²) in [5.74, 6) is 0. The van der Waals surface area contributed by atoms with E-state index in [2.05, 4.69) is 20.6 Å². The number of non-ortho nitro benzene ring substituents is 2. The second-order valence-electron chi connectivity index (χ2n) is 11.4. The molecular weight excluding hydrogens is 656 g/mol. The van der Waals surface area contributed by atoms with Gasteiger partial charge in [0.25, 0.3) is 11.4 Å². The van der Waals surface area contributed by atoms with Crippen LogP contribution in [0, 0.1) is 20.2 Å². The highest BCUT2D eigenvalue weighted by atomic mass is 16.8. The lowest BCUT2D eigenvalue weighted by atomic mass is 9.97. The van der Waals surface area contributed by atoms with Crippen molar-refractivity contribution in [1.29, 1.82) is 0 Å². The number of methoxy groups -OCH3 is 1. The highest BCUT2D eigenvalue weighted by Crippen LogP contribution is 2.37. The van der Waals surface area contributed by atoms with E-state index in [0.29, 0.717) is 22.8 Å². The van der Waals surface area contributed by atoms with Gasteiger partial charge < -0.3 is 28.4 Å². The molecule has 258 valence electrons. The maximum atomic E-state index is 11.3. The maximum absolute atomic E-state index is 11.3. The first kappa shape index (κ1) is 33.0. The van der Waals surface area contributed by atoms with E-state index in [1.54, 1.807) is 36.7 Å². The Balaban J connectivity index is 1.12. The fourth-order valence-corrected chi connectivity index (χ4v) is 5.72. The zero-order chi connectivity index (χ0) is 34.6.